The number of ether oxygens (including phenoxy) is 1. The summed E-state index contributed by atoms with van der Waals surface area (Å²) in [6.07, 6.45) is 5.79. The third kappa shape index (κ3) is 4.07. The third-order valence-corrected chi connectivity index (χ3v) is 3.66. The molecule has 5 heteroatoms. The molecule has 18 heavy (non-hydrogen) atoms. The summed E-state index contributed by atoms with van der Waals surface area (Å²) in [5, 5.41) is 14.9. The summed E-state index contributed by atoms with van der Waals surface area (Å²) < 4.78 is 7.74. The number of methoxy groups -OCH3 is 1. The maximum Gasteiger partial charge on any atom is 0.105 e. The van der Waals surface area contributed by atoms with Gasteiger partial charge in [-0.1, -0.05) is 26.2 Å². The van der Waals surface area contributed by atoms with E-state index in [1.54, 1.807) is 13.3 Å². The Kier molecular flexibility index (Phi) is 6.32. The lowest BCUT2D eigenvalue weighted by atomic mass is 9.94. The second-order valence-electron chi connectivity index (χ2n) is 4.79. The first kappa shape index (κ1) is 15.7. The van der Waals surface area contributed by atoms with E-state index < -0.39 is 5.60 Å². The van der Waals surface area contributed by atoms with Gasteiger partial charge in [0.05, 0.1) is 29.5 Å². The summed E-state index contributed by atoms with van der Waals surface area (Å²) in [5.74, 6) is 0. The molecule has 0 spiro atoms. The van der Waals surface area contributed by atoms with Crippen LogP contribution in [0.3, 0.4) is 0 Å². The smallest absolute Gasteiger partial charge is 0.105 e. The largest absolute Gasteiger partial charge is 0.384 e. The number of nitrogens with zero attached hydrogens (tertiary/aromatic N) is 2. The van der Waals surface area contributed by atoms with Gasteiger partial charge >= 0.3 is 0 Å². The maximum atomic E-state index is 10.6. The van der Waals surface area contributed by atoms with Crippen LogP contribution in [0.1, 0.15) is 45.2 Å². The van der Waals surface area contributed by atoms with E-state index in [0.29, 0.717) is 13.2 Å². The average molecular weight is 319 g/mol. The Hall–Kier alpha value is -0.390. The standard InChI is InChI=1S/C13H23BrN2O2/c1-4-5-6-7-13(2,17)12-11(14)10-15-16(12)8-9-18-3/h10,17H,4-9H2,1-3H3. The summed E-state index contributed by atoms with van der Waals surface area (Å²) in [6.45, 7) is 5.26. The molecule has 104 valence electrons. The molecule has 1 aromatic heterocycles. The van der Waals surface area contributed by atoms with Crippen LogP contribution in [0.15, 0.2) is 10.7 Å². The van der Waals surface area contributed by atoms with Gasteiger partial charge in [-0.2, -0.15) is 5.10 Å². The van der Waals surface area contributed by atoms with Gasteiger partial charge in [0.1, 0.15) is 5.60 Å². The first-order valence-electron chi connectivity index (χ1n) is 6.46. The van der Waals surface area contributed by atoms with Gasteiger partial charge in [-0.05, 0) is 29.3 Å². The summed E-state index contributed by atoms with van der Waals surface area (Å²) in [7, 11) is 1.66. The minimum atomic E-state index is -0.849. The molecule has 0 aliphatic rings. The van der Waals surface area contributed by atoms with Crippen molar-refractivity contribution in [2.75, 3.05) is 13.7 Å². The second-order valence-corrected chi connectivity index (χ2v) is 5.64. The van der Waals surface area contributed by atoms with Crippen molar-refractivity contribution in [1.82, 2.24) is 9.78 Å². The minimum absolute atomic E-state index is 0.589. The lowest BCUT2D eigenvalue weighted by Gasteiger charge is -2.25. The van der Waals surface area contributed by atoms with Crippen LogP contribution in [0.25, 0.3) is 0 Å². The second kappa shape index (κ2) is 7.26. The number of unbranched alkanes of at least 4 members (excludes halogenated alkanes) is 2. The van der Waals surface area contributed by atoms with Crippen LogP contribution in [0.4, 0.5) is 0 Å². The monoisotopic (exact) mass is 318 g/mol. The molecule has 0 fully saturated rings. The van der Waals surface area contributed by atoms with Gasteiger partial charge in [-0.15, -0.1) is 0 Å². The Morgan fingerprint density at radius 2 is 2.22 bits per heavy atom. The maximum absolute atomic E-state index is 10.6. The topological polar surface area (TPSA) is 47.3 Å². The molecule has 0 saturated carbocycles. The van der Waals surface area contributed by atoms with Crippen LogP contribution in [0.2, 0.25) is 0 Å². The molecule has 1 atom stereocenters. The van der Waals surface area contributed by atoms with E-state index >= 15 is 0 Å². The van der Waals surface area contributed by atoms with E-state index in [4.69, 9.17) is 4.74 Å². The normalized spacial score (nSPS) is 14.7. The van der Waals surface area contributed by atoms with Crippen molar-refractivity contribution in [3.05, 3.63) is 16.4 Å². The molecular weight excluding hydrogens is 296 g/mol. The molecule has 0 saturated heterocycles. The van der Waals surface area contributed by atoms with Gasteiger partial charge in [-0.3, -0.25) is 4.68 Å². The molecular formula is C13H23BrN2O2. The summed E-state index contributed by atoms with van der Waals surface area (Å²) in [6, 6.07) is 0. The van der Waals surface area contributed by atoms with Gasteiger partial charge < -0.3 is 9.84 Å². The van der Waals surface area contributed by atoms with Gasteiger partial charge in [0.15, 0.2) is 0 Å². The van der Waals surface area contributed by atoms with Crippen LogP contribution in [0.5, 0.6) is 0 Å². The van der Waals surface area contributed by atoms with Crippen LogP contribution < -0.4 is 0 Å². The molecule has 0 amide bonds. The Labute approximate surface area is 117 Å². The number of hydrogen-bond donors (Lipinski definition) is 1. The van der Waals surface area contributed by atoms with Crippen molar-refractivity contribution in [2.24, 2.45) is 0 Å². The highest BCUT2D eigenvalue weighted by Gasteiger charge is 2.29. The van der Waals surface area contributed by atoms with Gasteiger partial charge in [-0.25, -0.2) is 0 Å². The van der Waals surface area contributed by atoms with Crippen molar-refractivity contribution >= 4 is 15.9 Å². The van der Waals surface area contributed by atoms with Crippen LogP contribution in [-0.4, -0.2) is 28.6 Å². The molecule has 0 radical (unpaired) electrons. The van der Waals surface area contributed by atoms with E-state index in [2.05, 4.69) is 28.0 Å². The Morgan fingerprint density at radius 3 is 2.83 bits per heavy atom. The quantitative estimate of drug-likeness (QED) is 0.749. The summed E-state index contributed by atoms with van der Waals surface area (Å²) in [4.78, 5) is 0. The number of aromatic nitrogens is 2. The lowest BCUT2D eigenvalue weighted by Crippen LogP contribution is -2.27. The van der Waals surface area contributed by atoms with Crippen molar-refractivity contribution in [3.63, 3.8) is 0 Å². The molecule has 1 N–H and O–H groups in total. The van der Waals surface area contributed by atoms with Crippen molar-refractivity contribution in [3.8, 4) is 0 Å². The zero-order valence-corrected chi connectivity index (χ0v) is 13.0. The fourth-order valence-electron chi connectivity index (χ4n) is 2.08. The fourth-order valence-corrected chi connectivity index (χ4v) is 2.81. The molecule has 1 unspecified atom stereocenters. The Balaban J connectivity index is 2.81. The zero-order valence-electron chi connectivity index (χ0n) is 11.4. The Morgan fingerprint density at radius 1 is 1.50 bits per heavy atom. The summed E-state index contributed by atoms with van der Waals surface area (Å²) >= 11 is 3.47. The van der Waals surface area contributed by atoms with E-state index in [1.807, 2.05) is 11.6 Å². The predicted molar refractivity (Wildman–Crippen MR) is 75.5 cm³/mol. The zero-order chi connectivity index (χ0) is 13.6. The SMILES string of the molecule is CCCCCC(C)(O)c1c(Br)cnn1CCOC. The molecule has 0 aliphatic heterocycles. The predicted octanol–water partition coefficient (Wildman–Crippen LogP) is 3.08. The Bertz CT molecular complexity index is 364. The third-order valence-electron chi connectivity index (χ3n) is 3.08. The number of hydrogen-bond acceptors (Lipinski definition) is 3. The molecule has 4 nitrogen and oxygen atoms in total. The summed E-state index contributed by atoms with van der Waals surface area (Å²) in [5.41, 5.74) is -0.00577. The first-order chi connectivity index (χ1) is 8.53. The molecule has 1 heterocycles. The molecule has 1 rings (SSSR count). The minimum Gasteiger partial charge on any atom is -0.384 e. The fraction of sp³-hybridized carbons (Fsp3) is 0.769. The van der Waals surface area contributed by atoms with E-state index in [9.17, 15) is 5.11 Å². The number of rotatable bonds is 8. The molecule has 0 aromatic carbocycles. The molecule has 0 bridgehead atoms. The van der Waals surface area contributed by atoms with Crippen LogP contribution in [-0.2, 0) is 16.9 Å². The highest BCUT2D eigenvalue weighted by molar-refractivity contribution is 9.10. The van der Waals surface area contributed by atoms with Crippen molar-refractivity contribution < 1.29 is 9.84 Å². The van der Waals surface area contributed by atoms with E-state index in [1.165, 1.54) is 0 Å². The lowest BCUT2D eigenvalue weighted by molar-refractivity contribution is 0.0333. The molecule has 0 aliphatic carbocycles. The highest BCUT2D eigenvalue weighted by atomic mass is 79.9. The average Bonchev–Trinajstić information content (AvgIpc) is 2.68. The van der Waals surface area contributed by atoms with Gasteiger partial charge in [0.25, 0.3) is 0 Å². The number of halogens is 1. The van der Waals surface area contributed by atoms with Gasteiger partial charge in [0, 0.05) is 7.11 Å². The first-order valence-corrected chi connectivity index (χ1v) is 7.25. The van der Waals surface area contributed by atoms with Crippen LogP contribution >= 0.6 is 15.9 Å². The van der Waals surface area contributed by atoms with Gasteiger partial charge in [0.2, 0.25) is 0 Å². The van der Waals surface area contributed by atoms with E-state index in [0.717, 1.165) is 35.8 Å². The highest BCUT2D eigenvalue weighted by Crippen LogP contribution is 2.32. The van der Waals surface area contributed by atoms with Crippen LogP contribution in [0, 0.1) is 0 Å². The van der Waals surface area contributed by atoms with Crippen molar-refractivity contribution in [2.45, 2.75) is 51.7 Å². The number of aliphatic hydroxyl groups is 1. The van der Waals surface area contributed by atoms with E-state index in [-0.39, 0.29) is 0 Å². The van der Waals surface area contributed by atoms with Crippen molar-refractivity contribution in [1.29, 1.82) is 0 Å². The molecule has 1 aromatic rings.